The van der Waals surface area contributed by atoms with Crippen LogP contribution in [0, 0.1) is 6.92 Å². The zero-order valence-electron chi connectivity index (χ0n) is 16.4. The largest absolute Gasteiger partial charge is 0.493 e. The third-order valence-corrected chi connectivity index (χ3v) is 3.82. The van der Waals surface area contributed by atoms with Gasteiger partial charge < -0.3 is 24.8 Å². The number of nitrogens with zero attached hydrogens (tertiary/aromatic N) is 2. The first kappa shape index (κ1) is 20.3. The van der Waals surface area contributed by atoms with Crippen molar-refractivity contribution in [2.75, 3.05) is 38.5 Å². The highest BCUT2D eigenvalue weighted by Gasteiger charge is 2.16. The standard InChI is InChI=1S/C19H26N4O4/c1-6-7-8-20-19-21-12(2)9-14(23-19)18(24)22-13-10-15(25-3)17(27-5)16(11-13)26-4/h9-11H,6-8H2,1-5H3,(H,22,24)(H,20,21,23). The number of unbranched alkanes of at least 4 members (excludes halogenated alkanes) is 1. The number of aromatic nitrogens is 2. The molecule has 2 rings (SSSR count). The van der Waals surface area contributed by atoms with E-state index in [0.717, 1.165) is 19.4 Å². The van der Waals surface area contributed by atoms with E-state index in [9.17, 15) is 4.79 Å². The minimum atomic E-state index is -0.353. The summed E-state index contributed by atoms with van der Waals surface area (Å²) in [4.78, 5) is 21.3. The Labute approximate surface area is 159 Å². The number of aryl methyl sites for hydroxylation is 1. The van der Waals surface area contributed by atoms with Crippen LogP contribution in [0.3, 0.4) is 0 Å². The molecule has 0 radical (unpaired) electrons. The number of carbonyl (C=O) groups is 1. The van der Waals surface area contributed by atoms with Crippen molar-refractivity contribution in [2.24, 2.45) is 0 Å². The fourth-order valence-corrected chi connectivity index (χ4v) is 2.49. The first-order chi connectivity index (χ1) is 13.0. The van der Waals surface area contributed by atoms with Crippen LogP contribution in [0.1, 0.15) is 35.9 Å². The topological polar surface area (TPSA) is 94.6 Å². The van der Waals surface area contributed by atoms with Gasteiger partial charge >= 0.3 is 0 Å². The van der Waals surface area contributed by atoms with E-state index in [2.05, 4.69) is 27.5 Å². The maximum Gasteiger partial charge on any atom is 0.274 e. The molecular weight excluding hydrogens is 348 g/mol. The Morgan fingerprint density at radius 2 is 1.70 bits per heavy atom. The first-order valence-corrected chi connectivity index (χ1v) is 8.73. The van der Waals surface area contributed by atoms with Gasteiger partial charge in [0.1, 0.15) is 5.69 Å². The maximum absolute atomic E-state index is 12.7. The molecule has 0 saturated heterocycles. The zero-order chi connectivity index (χ0) is 19.8. The molecule has 0 saturated carbocycles. The van der Waals surface area contributed by atoms with Crippen LogP contribution in [0.2, 0.25) is 0 Å². The average molecular weight is 374 g/mol. The first-order valence-electron chi connectivity index (χ1n) is 8.73. The Bertz CT molecular complexity index is 770. The minimum Gasteiger partial charge on any atom is -0.493 e. The molecule has 0 aliphatic carbocycles. The normalized spacial score (nSPS) is 10.3. The van der Waals surface area contributed by atoms with Gasteiger partial charge in [0.05, 0.1) is 21.3 Å². The summed E-state index contributed by atoms with van der Waals surface area (Å²) in [5, 5.41) is 5.95. The predicted octanol–water partition coefficient (Wildman–Crippen LogP) is 3.28. The lowest BCUT2D eigenvalue weighted by Gasteiger charge is -2.14. The predicted molar refractivity (Wildman–Crippen MR) is 104 cm³/mol. The Morgan fingerprint density at radius 3 is 2.26 bits per heavy atom. The molecule has 0 aliphatic heterocycles. The molecule has 1 amide bonds. The van der Waals surface area contributed by atoms with Crippen molar-refractivity contribution in [1.82, 2.24) is 9.97 Å². The minimum absolute atomic E-state index is 0.273. The summed E-state index contributed by atoms with van der Waals surface area (Å²) >= 11 is 0. The highest BCUT2D eigenvalue weighted by atomic mass is 16.5. The lowest BCUT2D eigenvalue weighted by atomic mass is 10.2. The summed E-state index contributed by atoms with van der Waals surface area (Å²) in [5.41, 5.74) is 1.49. The summed E-state index contributed by atoms with van der Waals surface area (Å²) in [6, 6.07) is 4.96. The summed E-state index contributed by atoms with van der Waals surface area (Å²) in [6.45, 7) is 4.69. The number of hydrogen-bond donors (Lipinski definition) is 2. The summed E-state index contributed by atoms with van der Waals surface area (Å²) < 4.78 is 15.9. The maximum atomic E-state index is 12.7. The van der Waals surface area contributed by atoms with Gasteiger partial charge in [0.15, 0.2) is 11.5 Å². The van der Waals surface area contributed by atoms with Crippen molar-refractivity contribution >= 4 is 17.5 Å². The Balaban J connectivity index is 2.24. The van der Waals surface area contributed by atoms with Gasteiger partial charge in [-0.15, -0.1) is 0 Å². The number of nitrogens with one attached hydrogen (secondary N) is 2. The van der Waals surface area contributed by atoms with E-state index in [-0.39, 0.29) is 11.6 Å². The summed E-state index contributed by atoms with van der Waals surface area (Å²) in [7, 11) is 4.56. The van der Waals surface area contributed by atoms with Crippen LogP contribution in [0.15, 0.2) is 18.2 Å². The number of methoxy groups -OCH3 is 3. The van der Waals surface area contributed by atoms with Gasteiger partial charge in [-0.3, -0.25) is 4.79 Å². The second kappa shape index (κ2) is 9.61. The van der Waals surface area contributed by atoms with Crippen LogP contribution in [-0.4, -0.2) is 43.7 Å². The Kier molecular flexibility index (Phi) is 7.22. The van der Waals surface area contributed by atoms with Gasteiger partial charge in [-0.05, 0) is 19.4 Å². The quantitative estimate of drug-likeness (QED) is 0.651. The number of amides is 1. The van der Waals surface area contributed by atoms with Crippen LogP contribution in [0.25, 0.3) is 0 Å². The SMILES string of the molecule is CCCCNc1nc(C)cc(C(=O)Nc2cc(OC)c(OC)c(OC)c2)n1. The smallest absolute Gasteiger partial charge is 0.274 e. The van der Waals surface area contributed by atoms with Crippen LogP contribution >= 0.6 is 0 Å². The van der Waals surface area contributed by atoms with E-state index in [4.69, 9.17) is 14.2 Å². The van der Waals surface area contributed by atoms with E-state index in [1.165, 1.54) is 21.3 Å². The zero-order valence-corrected chi connectivity index (χ0v) is 16.4. The Morgan fingerprint density at radius 1 is 1.04 bits per heavy atom. The molecule has 1 heterocycles. The van der Waals surface area contributed by atoms with Crippen LogP contribution in [-0.2, 0) is 0 Å². The van der Waals surface area contributed by atoms with Crippen molar-refractivity contribution < 1.29 is 19.0 Å². The van der Waals surface area contributed by atoms with Crippen LogP contribution < -0.4 is 24.8 Å². The van der Waals surface area contributed by atoms with E-state index in [1.54, 1.807) is 18.2 Å². The number of hydrogen-bond acceptors (Lipinski definition) is 7. The molecule has 0 unspecified atom stereocenters. The lowest BCUT2D eigenvalue weighted by Crippen LogP contribution is -2.16. The van der Waals surface area contributed by atoms with Crippen molar-refractivity contribution in [2.45, 2.75) is 26.7 Å². The Hall–Kier alpha value is -3.03. The van der Waals surface area contributed by atoms with Gasteiger partial charge in [0.2, 0.25) is 11.7 Å². The van der Waals surface area contributed by atoms with Crippen molar-refractivity contribution in [3.63, 3.8) is 0 Å². The van der Waals surface area contributed by atoms with E-state index in [1.807, 2.05) is 6.92 Å². The number of rotatable bonds is 9. The molecule has 0 fully saturated rings. The number of anilines is 2. The molecule has 0 atom stereocenters. The second-order valence-corrected chi connectivity index (χ2v) is 5.87. The van der Waals surface area contributed by atoms with Crippen LogP contribution in [0.4, 0.5) is 11.6 Å². The molecule has 1 aromatic carbocycles. The molecule has 8 heteroatoms. The average Bonchev–Trinajstić information content (AvgIpc) is 2.66. The van der Waals surface area contributed by atoms with E-state index >= 15 is 0 Å². The number of ether oxygens (including phenoxy) is 3. The van der Waals surface area contributed by atoms with E-state index in [0.29, 0.717) is 34.6 Å². The lowest BCUT2D eigenvalue weighted by molar-refractivity contribution is 0.102. The molecule has 2 N–H and O–H groups in total. The number of benzene rings is 1. The highest BCUT2D eigenvalue weighted by molar-refractivity contribution is 6.03. The molecule has 1 aromatic heterocycles. The fraction of sp³-hybridized carbons (Fsp3) is 0.421. The van der Waals surface area contributed by atoms with E-state index < -0.39 is 0 Å². The second-order valence-electron chi connectivity index (χ2n) is 5.87. The molecule has 146 valence electrons. The van der Waals surface area contributed by atoms with Crippen molar-refractivity contribution in [3.8, 4) is 17.2 Å². The number of carbonyl (C=O) groups excluding carboxylic acids is 1. The fourth-order valence-electron chi connectivity index (χ4n) is 2.49. The molecular formula is C19H26N4O4. The third kappa shape index (κ3) is 5.22. The molecule has 8 nitrogen and oxygen atoms in total. The monoisotopic (exact) mass is 374 g/mol. The molecule has 0 aliphatic rings. The highest BCUT2D eigenvalue weighted by Crippen LogP contribution is 2.40. The van der Waals surface area contributed by atoms with Gasteiger partial charge in [-0.25, -0.2) is 9.97 Å². The van der Waals surface area contributed by atoms with Crippen LogP contribution in [0.5, 0.6) is 17.2 Å². The van der Waals surface area contributed by atoms with Gasteiger partial charge in [-0.1, -0.05) is 13.3 Å². The molecule has 27 heavy (non-hydrogen) atoms. The van der Waals surface area contributed by atoms with Gasteiger partial charge in [-0.2, -0.15) is 0 Å². The van der Waals surface area contributed by atoms with Crippen molar-refractivity contribution in [3.05, 3.63) is 29.6 Å². The van der Waals surface area contributed by atoms with Gasteiger partial charge in [0, 0.05) is 30.1 Å². The van der Waals surface area contributed by atoms with Crippen molar-refractivity contribution in [1.29, 1.82) is 0 Å². The molecule has 0 spiro atoms. The molecule has 2 aromatic rings. The van der Waals surface area contributed by atoms with Gasteiger partial charge in [0.25, 0.3) is 5.91 Å². The molecule has 0 bridgehead atoms. The summed E-state index contributed by atoms with van der Waals surface area (Å²) in [5.74, 6) is 1.45. The summed E-state index contributed by atoms with van der Waals surface area (Å²) in [6.07, 6.45) is 2.07. The third-order valence-electron chi connectivity index (χ3n) is 3.82.